The summed E-state index contributed by atoms with van der Waals surface area (Å²) in [6.07, 6.45) is 1.17. The first-order valence-corrected chi connectivity index (χ1v) is 6.84. The molecule has 0 unspecified atom stereocenters. The number of fused-ring (bicyclic) bond motifs is 1. The summed E-state index contributed by atoms with van der Waals surface area (Å²) < 4.78 is 0. The normalized spacial score (nSPS) is 21.9. The fourth-order valence-electron chi connectivity index (χ4n) is 2.77. The minimum absolute atomic E-state index is 0.0441. The zero-order valence-electron chi connectivity index (χ0n) is 11.7. The van der Waals surface area contributed by atoms with Gasteiger partial charge in [0.25, 0.3) is 0 Å². The summed E-state index contributed by atoms with van der Waals surface area (Å²) in [5.74, 6) is -1.23. The van der Waals surface area contributed by atoms with Crippen LogP contribution in [0.25, 0.3) is 11.0 Å². The van der Waals surface area contributed by atoms with Crippen LogP contribution in [-0.4, -0.2) is 49.0 Å². The molecule has 3 rings (SSSR count). The second kappa shape index (κ2) is 4.83. The van der Waals surface area contributed by atoms with Gasteiger partial charge in [0.2, 0.25) is 5.91 Å². The molecular formula is C14H16N4O3. The number of carbonyl (C=O) groups excluding carboxylic acids is 1. The predicted octanol–water partition coefficient (Wildman–Crippen LogP) is 0.897. The van der Waals surface area contributed by atoms with Gasteiger partial charge in [-0.15, -0.1) is 0 Å². The van der Waals surface area contributed by atoms with Crippen molar-refractivity contribution in [1.29, 1.82) is 0 Å². The first kappa shape index (κ1) is 13.5. The minimum Gasteiger partial charge on any atom is -0.480 e. The van der Waals surface area contributed by atoms with Gasteiger partial charge in [0.15, 0.2) is 0 Å². The quantitative estimate of drug-likeness (QED) is 0.906. The van der Waals surface area contributed by atoms with Crippen molar-refractivity contribution >= 4 is 22.9 Å². The van der Waals surface area contributed by atoms with E-state index < -0.39 is 11.5 Å². The van der Waals surface area contributed by atoms with Gasteiger partial charge in [-0.2, -0.15) is 15.0 Å². The van der Waals surface area contributed by atoms with E-state index in [1.165, 1.54) is 9.70 Å². The van der Waals surface area contributed by atoms with Crippen molar-refractivity contribution in [2.75, 3.05) is 6.54 Å². The van der Waals surface area contributed by atoms with Crippen LogP contribution >= 0.6 is 0 Å². The van der Waals surface area contributed by atoms with Gasteiger partial charge in [-0.25, -0.2) is 4.79 Å². The first-order valence-electron chi connectivity index (χ1n) is 6.84. The average molecular weight is 288 g/mol. The maximum Gasteiger partial charge on any atom is 0.329 e. The number of hydrogen-bond donors (Lipinski definition) is 1. The molecule has 1 aliphatic rings. The van der Waals surface area contributed by atoms with Gasteiger partial charge in [-0.3, -0.25) is 4.79 Å². The van der Waals surface area contributed by atoms with E-state index >= 15 is 0 Å². The highest BCUT2D eigenvalue weighted by atomic mass is 16.4. The van der Waals surface area contributed by atoms with E-state index in [0.29, 0.717) is 30.4 Å². The van der Waals surface area contributed by atoms with Gasteiger partial charge in [0, 0.05) is 6.54 Å². The van der Waals surface area contributed by atoms with E-state index in [2.05, 4.69) is 10.2 Å². The summed E-state index contributed by atoms with van der Waals surface area (Å²) in [5, 5.41) is 17.8. The van der Waals surface area contributed by atoms with Crippen molar-refractivity contribution in [2.24, 2.45) is 0 Å². The van der Waals surface area contributed by atoms with Gasteiger partial charge in [-0.1, -0.05) is 12.1 Å². The smallest absolute Gasteiger partial charge is 0.329 e. The number of hydrogen-bond acceptors (Lipinski definition) is 4. The average Bonchev–Trinajstić information content (AvgIpc) is 3.02. The molecule has 0 spiro atoms. The van der Waals surface area contributed by atoms with Crippen LogP contribution in [0.4, 0.5) is 0 Å². The maximum atomic E-state index is 12.4. The Morgan fingerprint density at radius 3 is 2.48 bits per heavy atom. The van der Waals surface area contributed by atoms with E-state index in [1.54, 1.807) is 6.92 Å². The summed E-state index contributed by atoms with van der Waals surface area (Å²) in [6.45, 7) is 2.01. The van der Waals surface area contributed by atoms with Crippen molar-refractivity contribution in [3.63, 3.8) is 0 Å². The van der Waals surface area contributed by atoms with Crippen molar-refractivity contribution in [3.05, 3.63) is 24.3 Å². The number of amides is 1. The van der Waals surface area contributed by atoms with Crippen LogP contribution in [0.1, 0.15) is 19.8 Å². The number of rotatable bonds is 3. The zero-order chi connectivity index (χ0) is 15.0. The third kappa shape index (κ3) is 2.24. The highest BCUT2D eigenvalue weighted by molar-refractivity contribution is 5.87. The number of carboxylic acid groups (broad SMARTS) is 1. The number of likely N-dealkylation sites (tertiary alicyclic amines) is 1. The fourth-order valence-corrected chi connectivity index (χ4v) is 2.77. The molecule has 1 atom stereocenters. The summed E-state index contributed by atoms with van der Waals surface area (Å²) in [5.41, 5.74) is 0.310. The fraction of sp³-hybridized carbons (Fsp3) is 0.429. The Labute approximate surface area is 121 Å². The second-order valence-corrected chi connectivity index (χ2v) is 5.45. The van der Waals surface area contributed by atoms with E-state index in [-0.39, 0.29) is 12.5 Å². The van der Waals surface area contributed by atoms with E-state index in [9.17, 15) is 14.7 Å². The van der Waals surface area contributed by atoms with E-state index in [1.807, 2.05) is 24.3 Å². The Hall–Kier alpha value is -2.44. The predicted molar refractivity (Wildman–Crippen MR) is 74.5 cm³/mol. The Morgan fingerprint density at radius 2 is 1.90 bits per heavy atom. The molecule has 7 heteroatoms. The van der Waals surface area contributed by atoms with Crippen LogP contribution < -0.4 is 0 Å². The van der Waals surface area contributed by atoms with Crippen LogP contribution in [0.2, 0.25) is 0 Å². The molecular weight excluding hydrogens is 272 g/mol. The monoisotopic (exact) mass is 288 g/mol. The molecule has 1 aromatic carbocycles. The third-order valence-corrected chi connectivity index (χ3v) is 4.01. The lowest BCUT2D eigenvalue weighted by atomic mass is 9.99. The minimum atomic E-state index is -1.12. The van der Waals surface area contributed by atoms with Gasteiger partial charge >= 0.3 is 5.97 Å². The molecule has 1 amide bonds. The Bertz CT molecular complexity index is 678. The van der Waals surface area contributed by atoms with Crippen molar-refractivity contribution in [3.8, 4) is 0 Å². The molecule has 2 aromatic rings. The molecule has 1 saturated heterocycles. The molecule has 0 aliphatic carbocycles. The molecule has 1 aliphatic heterocycles. The standard InChI is InChI=1S/C14H16N4O3/c1-14(13(20)21)7-4-8-17(14)12(19)9-18-15-10-5-2-3-6-11(10)16-18/h2-3,5-6H,4,7-9H2,1H3,(H,20,21)/t14-/m0/s1. The lowest BCUT2D eigenvalue weighted by Gasteiger charge is -2.30. The Morgan fingerprint density at radius 1 is 1.29 bits per heavy atom. The lowest BCUT2D eigenvalue weighted by Crippen LogP contribution is -2.51. The zero-order valence-corrected chi connectivity index (χ0v) is 11.7. The molecule has 1 fully saturated rings. The molecule has 0 bridgehead atoms. The summed E-state index contributed by atoms with van der Waals surface area (Å²) in [6, 6.07) is 7.34. The summed E-state index contributed by atoms with van der Waals surface area (Å²) >= 11 is 0. The molecule has 0 radical (unpaired) electrons. The molecule has 1 N–H and O–H groups in total. The SMILES string of the molecule is C[C@@]1(C(=O)O)CCCN1C(=O)Cn1nc2ccccc2n1. The van der Waals surface area contributed by atoms with Gasteiger partial charge in [0.1, 0.15) is 23.1 Å². The topological polar surface area (TPSA) is 88.3 Å². The highest BCUT2D eigenvalue weighted by Gasteiger charge is 2.45. The molecule has 2 heterocycles. The maximum absolute atomic E-state index is 12.4. The number of carbonyl (C=O) groups is 2. The molecule has 21 heavy (non-hydrogen) atoms. The highest BCUT2D eigenvalue weighted by Crippen LogP contribution is 2.29. The third-order valence-electron chi connectivity index (χ3n) is 4.01. The summed E-state index contributed by atoms with van der Waals surface area (Å²) in [4.78, 5) is 26.5. The van der Waals surface area contributed by atoms with Gasteiger partial charge < -0.3 is 10.0 Å². The molecule has 110 valence electrons. The number of carboxylic acids is 1. The second-order valence-electron chi connectivity index (χ2n) is 5.45. The summed E-state index contributed by atoms with van der Waals surface area (Å²) in [7, 11) is 0. The van der Waals surface area contributed by atoms with E-state index in [0.717, 1.165) is 0 Å². The van der Waals surface area contributed by atoms with Crippen molar-refractivity contribution in [1.82, 2.24) is 19.9 Å². The number of aromatic nitrogens is 3. The Kier molecular flexibility index (Phi) is 3.12. The lowest BCUT2D eigenvalue weighted by molar-refractivity contribution is -0.155. The van der Waals surface area contributed by atoms with Crippen LogP contribution in [0.3, 0.4) is 0 Å². The molecule has 0 saturated carbocycles. The van der Waals surface area contributed by atoms with Crippen LogP contribution in [0, 0.1) is 0 Å². The largest absolute Gasteiger partial charge is 0.480 e. The Balaban J connectivity index is 1.81. The van der Waals surface area contributed by atoms with Crippen LogP contribution in [0.5, 0.6) is 0 Å². The first-order chi connectivity index (χ1) is 10.0. The number of aliphatic carboxylic acids is 1. The van der Waals surface area contributed by atoms with Crippen molar-refractivity contribution < 1.29 is 14.7 Å². The van der Waals surface area contributed by atoms with Crippen molar-refractivity contribution in [2.45, 2.75) is 31.8 Å². The van der Waals surface area contributed by atoms with Crippen LogP contribution in [0.15, 0.2) is 24.3 Å². The number of benzene rings is 1. The van der Waals surface area contributed by atoms with Crippen LogP contribution in [-0.2, 0) is 16.1 Å². The molecule has 7 nitrogen and oxygen atoms in total. The number of nitrogens with zero attached hydrogens (tertiary/aromatic N) is 4. The van der Waals surface area contributed by atoms with E-state index in [4.69, 9.17) is 0 Å². The van der Waals surface area contributed by atoms with Gasteiger partial charge in [0.05, 0.1) is 0 Å². The molecule has 1 aromatic heterocycles. The van der Waals surface area contributed by atoms with Gasteiger partial charge in [-0.05, 0) is 31.9 Å².